The number of aromatic nitrogens is 1. The van der Waals surface area contributed by atoms with Gasteiger partial charge in [-0.15, -0.1) is 0 Å². The van der Waals surface area contributed by atoms with Crippen molar-refractivity contribution in [1.29, 1.82) is 0 Å². The molecule has 1 amide bonds. The van der Waals surface area contributed by atoms with E-state index in [1.165, 1.54) is 0 Å². The van der Waals surface area contributed by atoms with Gasteiger partial charge in [-0.05, 0) is 29.7 Å². The van der Waals surface area contributed by atoms with E-state index in [1.54, 1.807) is 24.4 Å². The molecule has 6 heteroatoms. The number of carbonyl (C=O) groups is 1. The van der Waals surface area contributed by atoms with Crippen molar-refractivity contribution < 1.29 is 19.7 Å². The molecular formula is C21H22N2O4. The van der Waals surface area contributed by atoms with Crippen LogP contribution in [0.15, 0.2) is 66.9 Å². The highest BCUT2D eigenvalue weighted by molar-refractivity contribution is 5.82. The van der Waals surface area contributed by atoms with Crippen LogP contribution >= 0.6 is 0 Å². The standard InChI is InChI=1S/C21H22N2O4/c24-19(11-13-23-21(26)27-14-15-6-2-1-3-7-15)20(25)17-8-4-10-18-16(17)9-5-12-22-18/h1-10,12,19-20,24-25H,11,13-14H2,(H,23,26). The van der Waals surface area contributed by atoms with Crippen LogP contribution in [0.1, 0.15) is 23.7 Å². The Hall–Kier alpha value is -2.96. The summed E-state index contributed by atoms with van der Waals surface area (Å²) in [6.45, 7) is 0.371. The predicted molar refractivity (Wildman–Crippen MR) is 102 cm³/mol. The van der Waals surface area contributed by atoms with Gasteiger partial charge in [0.1, 0.15) is 12.7 Å². The summed E-state index contributed by atoms with van der Waals surface area (Å²) in [4.78, 5) is 16.0. The number of alkyl carbamates (subject to hydrolysis) is 1. The number of ether oxygens (including phenoxy) is 1. The Morgan fingerprint density at radius 2 is 1.85 bits per heavy atom. The van der Waals surface area contributed by atoms with Crippen LogP contribution in [0.2, 0.25) is 0 Å². The average Bonchev–Trinajstić information content (AvgIpc) is 2.72. The van der Waals surface area contributed by atoms with Crippen LogP contribution in [0.4, 0.5) is 4.79 Å². The van der Waals surface area contributed by atoms with E-state index in [0.29, 0.717) is 5.56 Å². The van der Waals surface area contributed by atoms with Gasteiger partial charge in [0.15, 0.2) is 0 Å². The summed E-state index contributed by atoms with van der Waals surface area (Å²) >= 11 is 0. The Balaban J connectivity index is 1.48. The van der Waals surface area contributed by atoms with Gasteiger partial charge in [0.25, 0.3) is 0 Å². The Bertz CT molecular complexity index is 880. The van der Waals surface area contributed by atoms with Crippen LogP contribution in [-0.2, 0) is 11.3 Å². The summed E-state index contributed by atoms with van der Waals surface area (Å²) < 4.78 is 5.11. The molecule has 0 radical (unpaired) electrons. The summed E-state index contributed by atoms with van der Waals surface area (Å²) in [5.74, 6) is 0. The minimum atomic E-state index is -1.07. The SMILES string of the molecule is O=C(NCCC(O)C(O)c1cccc2ncccc12)OCc1ccccc1. The molecule has 2 atom stereocenters. The molecule has 2 unspecified atom stereocenters. The monoisotopic (exact) mass is 366 g/mol. The lowest BCUT2D eigenvalue weighted by Crippen LogP contribution is -2.29. The number of fused-ring (bicyclic) bond motifs is 1. The minimum absolute atomic E-state index is 0.181. The summed E-state index contributed by atoms with van der Waals surface area (Å²) in [5, 5.41) is 24.1. The maximum absolute atomic E-state index is 11.7. The van der Waals surface area contributed by atoms with E-state index >= 15 is 0 Å². The molecule has 0 aliphatic rings. The van der Waals surface area contributed by atoms with Crippen LogP contribution in [-0.4, -0.2) is 33.9 Å². The van der Waals surface area contributed by atoms with Crippen molar-refractivity contribution in [2.75, 3.05) is 6.54 Å². The number of aliphatic hydroxyl groups is 2. The topological polar surface area (TPSA) is 91.7 Å². The summed E-state index contributed by atoms with van der Waals surface area (Å²) in [6.07, 6.45) is -0.779. The fraction of sp³-hybridized carbons (Fsp3) is 0.238. The number of rotatable bonds is 7. The van der Waals surface area contributed by atoms with E-state index in [2.05, 4.69) is 10.3 Å². The van der Waals surface area contributed by atoms with Crippen molar-refractivity contribution in [2.24, 2.45) is 0 Å². The second kappa shape index (κ2) is 9.12. The fourth-order valence-corrected chi connectivity index (χ4v) is 2.85. The molecule has 3 N–H and O–H groups in total. The first-order chi connectivity index (χ1) is 13.1. The van der Waals surface area contributed by atoms with Crippen LogP contribution < -0.4 is 5.32 Å². The molecule has 0 bridgehead atoms. The maximum atomic E-state index is 11.7. The predicted octanol–water partition coefficient (Wildman–Crippen LogP) is 2.95. The van der Waals surface area contributed by atoms with E-state index in [-0.39, 0.29) is 19.6 Å². The molecule has 3 aromatic rings. The Morgan fingerprint density at radius 3 is 2.67 bits per heavy atom. The number of amides is 1. The first-order valence-corrected chi connectivity index (χ1v) is 8.79. The quantitative estimate of drug-likeness (QED) is 0.598. The first-order valence-electron chi connectivity index (χ1n) is 8.79. The van der Waals surface area contributed by atoms with Gasteiger partial charge in [-0.2, -0.15) is 0 Å². The van der Waals surface area contributed by atoms with E-state index in [4.69, 9.17) is 4.74 Å². The molecule has 140 valence electrons. The molecular weight excluding hydrogens is 344 g/mol. The van der Waals surface area contributed by atoms with E-state index in [0.717, 1.165) is 16.5 Å². The summed E-state index contributed by atoms with van der Waals surface area (Å²) in [7, 11) is 0. The van der Waals surface area contributed by atoms with Crippen LogP contribution in [0.25, 0.3) is 10.9 Å². The zero-order valence-corrected chi connectivity index (χ0v) is 14.8. The summed E-state index contributed by atoms with van der Waals surface area (Å²) in [6, 6.07) is 18.4. The van der Waals surface area contributed by atoms with Gasteiger partial charge >= 0.3 is 6.09 Å². The highest BCUT2D eigenvalue weighted by Crippen LogP contribution is 2.26. The van der Waals surface area contributed by atoms with Crippen LogP contribution in [0.3, 0.4) is 0 Å². The largest absolute Gasteiger partial charge is 0.445 e. The smallest absolute Gasteiger partial charge is 0.407 e. The van der Waals surface area contributed by atoms with Gasteiger partial charge < -0.3 is 20.3 Å². The molecule has 27 heavy (non-hydrogen) atoms. The van der Waals surface area contributed by atoms with Crippen molar-refractivity contribution in [3.63, 3.8) is 0 Å². The van der Waals surface area contributed by atoms with Gasteiger partial charge in [0.2, 0.25) is 0 Å². The Kier molecular flexibility index (Phi) is 6.35. The Labute approximate surface area is 157 Å². The van der Waals surface area contributed by atoms with E-state index < -0.39 is 18.3 Å². The molecule has 1 aromatic heterocycles. The second-order valence-electron chi connectivity index (χ2n) is 6.21. The molecule has 0 spiro atoms. The lowest BCUT2D eigenvalue weighted by atomic mass is 9.98. The van der Waals surface area contributed by atoms with Gasteiger partial charge in [0, 0.05) is 18.1 Å². The molecule has 2 aromatic carbocycles. The number of nitrogens with zero attached hydrogens (tertiary/aromatic N) is 1. The Morgan fingerprint density at radius 1 is 1.04 bits per heavy atom. The number of pyridine rings is 1. The number of nitrogens with one attached hydrogen (secondary N) is 1. The van der Waals surface area contributed by atoms with E-state index in [1.807, 2.05) is 42.5 Å². The molecule has 1 heterocycles. The highest BCUT2D eigenvalue weighted by Gasteiger charge is 2.20. The van der Waals surface area contributed by atoms with Crippen molar-refractivity contribution in [3.8, 4) is 0 Å². The van der Waals surface area contributed by atoms with Crippen LogP contribution in [0.5, 0.6) is 0 Å². The van der Waals surface area contributed by atoms with Crippen molar-refractivity contribution >= 4 is 17.0 Å². The van der Waals surface area contributed by atoms with Crippen molar-refractivity contribution in [1.82, 2.24) is 10.3 Å². The van der Waals surface area contributed by atoms with E-state index in [9.17, 15) is 15.0 Å². The number of hydrogen-bond acceptors (Lipinski definition) is 5. The third-order valence-corrected chi connectivity index (χ3v) is 4.28. The van der Waals surface area contributed by atoms with Crippen LogP contribution in [0, 0.1) is 0 Å². The molecule has 0 saturated heterocycles. The normalized spacial score (nSPS) is 13.1. The number of carbonyl (C=O) groups excluding carboxylic acids is 1. The highest BCUT2D eigenvalue weighted by atomic mass is 16.5. The number of benzene rings is 2. The molecule has 0 saturated carbocycles. The fourth-order valence-electron chi connectivity index (χ4n) is 2.85. The third-order valence-electron chi connectivity index (χ3n) is 4.28. The van der Waals surface area contributed by atoms with Gasteiger partial charge in [0.05, 0.1) is 11.6 Å². The molecule has 3 rings (SSSR count). The zero-order chi connectivity index (χ0) is 19.1. The van der Waals surface area contributed by atoms with Gasteiger partial charge in [-0.25, -0.2) is 4.79 Å². The average molecular weight is 366 g/mol. The van der Waals surface area contributed by atoms with Gasteiger partial charge in [-0.3, -0.25) is 4.98 Å². The maximum Gasteiger partial charge on any atom is 0.407 e. The summed E-state index contributed by atoms with van der Waals surface area (Å²) in [5.41, 5.74) is 2.26. The molecule has 0 aliphatic heterocycles. The second-order valence-corrected chi connectivity index (χ2v) is 6.21. The zero-order valence-electron chi connectivity index (χ0n) is 14.8. The van der Waals surface area contributed by atoms with Crippen molar-refractivity contribution in [2.45, 2.75) is 25.2 Å². The lowest BCUT2D eigenvalue weighted by molar-refractivity contribution is 0.0145. The number of aliphatic hydroxyl groups excluding tert-OH is 2. The first kappa shape index (κ1) is 18.8. The molecule has 0 fully saturated rings. The third kappa shape index (κ3) is 5.03. The lowest BCUT2D eigenvalue weighted by Gasteiger charge is -2.19. The number of hydrogen-bond donors (Lipinski definition) is 3. The van der Waals surface area contributed by atoms with Gasteiger partial charge in [-0.1, -0.05) is 48.5 Å². The molecule has 0 aliphatic carbocycles. The molecule has 6 nitrogen and oxygen atoms in total. The minimum Gasteiger partial charge on any atom is -0.445 e. The van der Waals surface area contributed by atoms with Crippen molar-refractivity contribution in [3.05, 3.63) is 78.0 Å².